The quantitative estimate of drug-likeness (QED) is 0.732. The fourth-order valence-corrected chi connectivity index (χ4v) is 1.79. The van der Waals surface area contributed by atoms with Gasteiger partial charge >= 0.3 is 0 Å². The van der Waals surface area contributed by atoms with Crippen LogP contribution in [0.4, 0.5) is 0 Å². The molecule has 0 radical (unpaired) electrons. The number of nitrogens with zero attached hydrogens (tertiary/aromatic N) is 1. The van der Waals surface area contributed by atoms with E-state index in [0.717, 1.165) is 32.4 Å². The van der Waals surface area contributed by atoms with Gasteiger partial charge in [0, 0.05) is 18.4 Å². The molecule has 1 atom stereocenters. The first kappa shape index (κ1) is 15.1. The summed E-state index contributed by atoms with van der Waals surface area (Å²) in [7, 11) is 0. The normalized spacial score (nSPS) is 12.9. The molecule has 102 valence electrons. The summed E-state index contributed by atoms with van der Waals surface area (Å²) in [4.78, 5) is 4.15. The summed E-state index contributed by atoms with van der Waals surface area (Å²) in [5.41, 5.74) is 1.30. The van der Waals surface area contributed by atoms with Crippen LogP contribution in [0.2, 0.25) is 0 Å². The van der Waals surface area contributed by atoms with E-state index in [9.17, 15) is 0 Å². The molecule has 0 aromatic carbocycles. The standard InChI is InChI=1S/C15H26N2O/c1-4-9-17-15(12-18-13(2)3)8-7-14-6-5-10-16-11-14/h5-6,10-11,13,15,17H,4,7-9,12H2,1-3H3. The van der Waals surface area contributed by atoms with E-state index in [-0.39, 0.29) is 0 Å². The molecule has 1 unspecified atom stereocenters. The van der Waals surface area contributed by atoms with Crippen molar-refractivity contribution in [3.05, 3.63) is 30.1 Å². The zero-order valence-corrected chi connectivity index (χ0v) is 11.9. The number of rotatable bonds is 9. The predicted molar refractivity (Wildman–Crippen MR) is 75.7 cm³/mol. The van der Waals surface area contributed by atoms with Crippen LogP contribution < -0.4 is 5.32 Å². The van der Waals surface area contributed by atoms with Gasteiger partial charge in [-0.2, -0.15) is 0 Å². The van der Waals surface area contributed by atoms with Gasteiger partial charge in [-0.25, -0.2) is 0 Å². The molecule has 0 saturated heterocycles. The number of pyridine rings is 1. The second kappa shape index (κ2) is 9.06. The summed E-state index contributed by atoms with van der Waals surface area (Å²) in [5, 5.41) is 3.55. The van der Waals surface area contributed by atoms with Crippen LogP contribution in [0.1, 0.15) is 39.2 Å². The molecule has 1 heterocycles. The first-order valence-corrected chi connectivity index (χ1v) is 6.96. The van der Waals surface area contributed by atoms with Gasteiger partial charge in [-0.3, -0.25) is 4.98 Å². The number of aryl methyl sites for hydroxylation is 1. The molecule has 1 aromatic heterocycles. The molecule has 0 aliphatic carbocycles. The molecule has 3 nitrogen and oxygen atoms in total. The summed E-state index contributed by atoms with van der Waals surface area (Å²) >= 11 is 0. The molecule has 0 spiro atoms. The van der Waals surface area contributed by atoms with Gasteiger partial charge in [0.2, 0.25) is 0 Å². The third kappa shape index (κ3) is 6.72. The van der Waals surface area contributed by atoms with Gasteiger partial charge in [-0.05, 0) is 51.3 Å². The van der Waals surface area contributed by atoms with Crippen LogP contribution in [0, 0.1) is 0 Å². The van der Waals surface area contributed by atoms with Crippen LogP contribution >= 0.6 is 0 Å². The van der Waals surface area contributed by atoms with Gasteiger partial charge < -0.3 is 10.1 Å². The maximum Gasteiger partial charge on any atom is 0.0623 e. The summed E-state index contributed by atoms with van der Waals surface area (Å²) in [5.74, 6) is 0. The van der Waals surface area contributed by atoms with Crippen LogP contribution in [0.5, 0.6) is 0 Å². The average molecular weight is 250 g/mol. The van der Waals surface area contributed by atoms with E-state index >= 15 is 0 Å². The Morgan fingerprint density at radius 2 is 2.22 bits per heavy atom. The lowest BCUT2D eigenvalue weighted by molar-refractivity contribution is 0.0596. The molecule has 0 fully saturated rings. The number of hydrogen-bond acceptors (Lipinski definition) is 3. The fraction of sp³-hybridized carbons (Fsp3) is 0.667. The van der Waals surface area contributed by atoms with Crippen molar-refractivity contribution in [2.24, 2.45) is 0 Å². The van der Waals surface area contributed by atoms with Crippen molar-refractivity contribution < 1.29 is 4.74 Å². The Kier molecular flexibility index (Phi) is 7.62. The van der Waals surface area contributed by atoms with E-state index in [0.29, 0.717) is 12.1 Å². The second-order valence-electron chi connectivity index (χ2n) is 4.93. The van der Waals surface area contributed by atoms with Crippen molar-refractivity contribution in [1.29, 1.82) is 0 Å². The van der Waals surface area contributed by atoms with E-state index in [1.165, 1.54) is 5.56 Å². The predicted octanol–water partition coefficient (Wildman–Crippen LogP) is 2.81. The van der Waals surface area contributed by atoms with Crippen molar-refractivity contribution in [3.63, 3.8) is 0 Å². The second-order valence-corrected chi connectivity index (χ2v) is 4.93. The van der Waals surface area contributed by atoms with E-state index in [1.54, 1.807) is 0 Å². The van der Waals surface area contributed by atoms with E-state index < -0.39 is 0 Å². The minimum absolute atomic E-state index is 0.300. The Balaban J connectivity index is 2.35. The summed E-state index contributed by atoms with van der Waals surface area (Å²) in [6.07, 6.45) is 7.37. The summed E-state index contributed by atoms with van der Waals surface area (Å²) < 4.78 is 5.71. The number of nitrogens with one attached hydrogen (secondary N) is 1. The lowest BCUT2D eigenvalue weighted by Gasteiger charge is -2.20. The molecule has 1 rings (SSSR count). The lowest BCUT2D eigenvalue weighted by atomic mass is 10.1. The molecule has 18 heavy (non-hydrogen) atoms. The largest absolute Gasteiger partial charge is 0.377 e. The highest BCUT2D eigenvalue weighted by Gasteiger charge is 2.09. The zero-order valence-electron chi connectivity index (χ0n) is 11.9. The Morgan fingerprint density at radius 3 is 2.83 bits per heavy atom. The van der Waals surface area contributed by atoms with Crippen LogP contribution in [0.3, 0.4) is 0 Å². The molecule has 0 saturated carbocycles. The maximum absolute atomic E-state index is 5.71. The highest BCUT2D eigenvalue weighted by atomic mass is 16.5. The van der Waals surface area contributed by atoms with Gasteiger partial charge in [0.05, 0.1) is 12.7 Å². The monoisotopic (exact) mass is 250 g/mol. The maximum atomic E-state index is 5.71. The summed E-state index contributed by atoms with van der Waals surface area (Å²) in [6.45, 7) is 8.20. The molecule has 0 aliphatic rings. The SMILES string of the molecule is CCCNC(CCc1cccnc1)COC(C)C. The fourth-order valence-electron chi connectivity index (χ4n) is 1.79. The van der Waals surface area contributed by atoms with Crippen LogP contribution in [0.25, 0.3) is 0 Å². The van der Waals surface area contributed by atoms with E-state index in [2.05, 4.69) is 37.1 Å². The van der Waals surface area contributed by atoms with Crippen LogP contribution in [0.15, 0.2) is 24.5 Å². The molecule has 0 bridgehead atoms. The summed E-state index contributed by atoms with van der Waals surface area (Å²) in [6, 6.07) is 4.56. The zero-order chi connectivity index (χ0) is 13.2. The topological polar surface area (TPSA) is 34.2 Å². The number of ether oxygens (including phenoxy) is 1. The van der Waals surface area contributed by atoms with Crippen molar-refractivity contribution in [2.45, 2.75) is 52.2 Å². The first-order chi connectivity index (χ1) is 8.72. The Labute approximate surface area is 111 Å². The highest BCUT2D eigenvalue weighted by Crippen LogP contribution is 2.05. The number of aromatic nitrogens is 1. The molecule has 0 aliphatic heterocycles. The smallest absolute Gasteiger partial charge is 0.0623 e. The molecule has 0 amide bonds. The van der Waals surface area contributed by atoms with Crippen molar-refractivity contribution >= 4 is 0 Å². The van der Waals surface area contributed by atoms with Gasteiger partial charge in [0.15, 0.2) is 0 Å². The average Bonchev–Trinajstić information content (AvgIpc) is 2.39. The lowest BCUT2D eigenvalue weighted by Crippen LogP contribution is -2.35. The highest BCUT2D eigenvalue weighted by molar-refractivity contribution is 5.08. The van der Waals surface area contributed by atoms with E-state index in [1.807, 2.05) is 18.5 Å². The van der Waals surface area contributed by atoms with Gasteiger partial charge in [0.1, 0.15) is 0 Å². The Hall–Kier alpha value is -0.930. The third-order valence-corrected chi connectivity index (χ3v) is 2.82. The molecule has 1 aromatic rings. The van der Waals surface area contributed by atoms with Crippen molar-refractivity contribution in [2.75, 3.05) is 13.2 Å². The Morgan fingerprint density at radius 1 is 1.39 bits per heavy atom. The minimum atomic E-state index is 0.300. The molecule has 3 heteroatoms. The molecule has 1 N–H and O–H groups in total. The molecular weight excluding hydrogens is 224 g/mol. The minimum Gasteiger partial charge on any atom is -0.377 e. The van der Waals surface area contributed by atoms with Crippen LogP contribution in [-0.2, 0) is 11.2 Å². The number of hydrogen-bond donors (Lipinski definition) is 1. The van der Waals surface area contributed by atoms with Gasteiger partial charge in [-0.1, -0.05) is 13.0 Å². The van der Waals surface area contributed by atoms with Crippen molar-refractivity contribution in [1.82, 2.24) is 10.3 Å². The van der Waals surface area contributed by atoms with Crippen molar-refractivity contribution in [3.8, 4) is 0 Å². The first-order valence-electron chi connectivity index (χ1n) is 6.96. The third-order valence-electron chi connectivity index (χ3n) is 2.82. The molecular formula is C15H26N2O. The van der Waals surface area contributed by atoms with Crippen LogP contribution in [-0.4, -0.2) is 30.3 Å². The van der Waals surface area contributed by atoms with E-state index in [4.69, 9.17) is 4.74 Å². The van der Waals surface area contributed by atoms with Gasteiger partial charge in [-0.15, -0.1) is 0 Å². The van der Waals surface area contributed by atoms with Gasteiger partial charge in [0.25, 0.3) is 0 Å². The Bertz CT molecular complexity index is 301.